The van der Waals surface area contributed by atoms with Gasteiger partial charge in [0.1, 0.15) is 5.82 Å². The molecule has 11 heteroatoms. The molecule has 1 saturated heterocycles. The second-order valence-electron chi connectivity index (χ2n) is 7.26. The average Bonchev–Trinajstić information content (AvgIpc) is 2.76. The lowest BCUT2D eigenvalue weighted by molar-refractivity contribution is -0.143. The highest BCUT2D eigenvalue weighted by Crippen LogP contribution is 2.36. The van der Waals surface area contributed by atoms with E-state index in [1.54, 1.807) is 12.1 Å². The lowest BCUT2D eigenvalue weighted by Crippen LogP contribution is -2.33. The number of nitrogens with zero attached hydrogens (tertiary/aromatic N) is 3. The van der Waals surface area contributed by atoms with Crippen molar-refractivity contribution in [3.63, 3.8) is 0 Å². The summed E-state index contributed by atoms with van der Waals surface area (Å²) in [6.45, 7) is 1.28. The summed E-state index contributed by atoms with van der Waals surface area (Å²) in [7, 11) is 0. The normalized spacial score (nSPS) is 15.2. The smallest absolute Gasteiger partial charge is 0.354 e. The first-order chi connectivity index (χ1) is 15.1. The summed E-state index contributed by atoms with van der Waals surface area (Å²) < 4.78 is 78.7. The van der Waals surface area contributed by atoms with Crippen LogP contribution in [0, 0.1) is 0 Å². The molecule has 0 atom stereocenters. The molecule has 1 fully saturated rings. The van der Waals surface area contributed by atoms with E-state index in [0.29, 0.717) is 23.5 Å². The number of rotatable bonds is 4. The monoisotopic (exact) mass is 472 g/mol. The molecule has 4 rings (SSSR count). The van der Waals surface area contributed by atoms with Crippen molar-refractivity contribution in [2.45, 2.75) is 18.9 Å². The molecule has 3 aromatic rings. The van der Waals surface area contributed by atoms with E-state index in [9.17, 15) is 26.3 Å². The number of hydrogen-bond acceptors (Lipinski definition) is 5. The Morgan fingerprint density at radius 1 is 0.875 bits per heavy atom. The van der Waals surface area contributed by atoms with E-state index in [2.05, 4.69) is 20.2 Å². The van der Waals surface area contributed by atoms with Crippen LogP contribution >= 0.6 is 11.8 Å². The zero-order valence-corrected chi connectivity index (χ0v) is 17.4. The van der Waals surface area contributed by atoms with Crippen molar-refractivity contribution in [2.24, 2.45) is 0 Å². The quantitative estimate of drug-likeness (QED) is 0.484. The van der Waals surface area contributed by atoms with Gasteiger partial charge in [-0.25, -0.2) is 4.98 Å². The number of para-hydroxylation sites is 1. The Kier molecular flexibility index (Phi) is 6.11. The van der Waals surface area contributed by atoms with E-state index in [1.807, 2.05) is 23.9 Å². The Hall–Kier alpha value is -2.69. The molecule has 1 N–H and O–H groups in total. The van der Waals surface area contributed by atoms with Crippen LogP contribution in [0.25, 0.3) is 10.9 Å². The first-order valence-electron chi connectivity index (χ1n) is 9.73. The van der Waals surface area contributed by atoms with Gasteiger partial charge in [0.15, 0.2) is 0 Å². The highest BCUT2D eigenvalue weighted by molar-refractivity contribution is 7.99. The van der Waals surface area contributed by atoms with Crippen LogP contribution in [0.2, 0.25) is 0 Å². The Morgan fingerprint density at radius 2 is 1.50 bits per heavy atom. The topological polar surface area (TPSA) is 41.1 Å². The maximum absolute atomic E-state index is 13.1. The summed E-state index contributed by atoms with van der Waals surface area (Å²) in [5.41, 5.74) is -2.23. The van der Waals surface area contributed by atoms with Gasteiger partial charge in [-0.15, -0.1) is 0 Å². The fraction of sp³-hybridized carbons (Fsp3) is 0.333. The molecule has 0 saturated carbocycles. The number of aromatic nitrogens is 2. The van der Waals surface area contributed by atoms with Crippen LogP contribution in [0.4, 0.5) is 38.1 Å². The van der Waals surface area contributed by atoms with Crippen molar-refractivity contribution in [2.75, 3.05) is 34.8 Å². The SMILES string of the molecule is FC(F)(F)c1cc(CNc2nc(N3CCSCC3)c3ccccc3n2)cc(C(F)(F)F)c1. The minimum atomic E-state index is -4.89. The number of anilines is 2. The number of alkyl halides is 6. The third kappa shape index (κ3) is 5.03. The van der Waals surface area contributed by atoms with Gasteiger partial charge in [0.25, 0.3) is 0 Å². The lowest BCUT2D eigenvalue weighted by Gasteiger charge is -2.28. The van der Waals surface area contributed by atoms with Crippen LogP contribution in [0.3, 0.4) is 0 Å². The minimum Gasteiger partial charge on any atom is -0.354 e. The number of fused-ring (bicyclic) bond motifs is 1. The van der Waals surface area contributed by atoms with Crippen LogP contribution in [0.15, 0.2) is 42.5 Å². The molecular formula is C21H18F6N4S. The number of halogens is 6. The third-order valence-corrected chi connectivity index (χ3v) is 5.93. The Balaban J connectivity index is 1.66. The molecule has 0 spiro atoms. The van der Waals surface area contributed by atoms with Gasteiger partial charge in [-0.05, 0) is 35.9 Å². The highest BCUT2D eigenvalue weighted by atomic mass is 32.2. The van der Waals surface area contributed by atoms with Gasteiger partial charge in [0.2, 0.25) is 5.95 Å². The van der Waals surface area contributed by atoms with E-state index in [4.69, 9.17) is 0 Å². The van der Waals surface area contributed by atoms with Crippen molar-refractivity contribution in [3.05, 3.63) is 59.2 Å². The molecule has 32 heavy (non-hydrogen) atoms. The van der Waals surface area contributed by atoms with E-state index in [0.717, 1.165) is 30.0 Å². The van der Waals surface area contributed by atoms with Gasteiger partial charge in [-0.1, -0.05) is 12.1 Å². The number of benzene rings is 2. The van der Waals surface area contributed by atoms with E-state index >= 15 is 0 Å². The first-order valence-corrected chi connectivity index (χ1v) is 10.9. The minimum absolute atomic E-state index is 0.114. The molecule has 170 valence electrons. The zero-order chi connectivity index (χ0) is 22.9. The molecule has 2 heterocycles. The van der Waals surface area contributed by atoms with E-state index in [1.165, 1.54) is 0 Å². The van der Waals surface area contributed by atoms with E-state index in [-0.39, 0.29) is 24.1 Å². The van der Waals surface area contributed by atoms with Crippen LogP contribution < -0.4 is 10.2 Å². The van der Waals surface area contributed by atoms with Gasteiger partial charge < -0.3 is 10.2 Å². The maximum Gasteiger partial charge on any atom is 0.416 e. The van der Waals surface area contributed by atoms with Crippen LogP contribution in [0.5, 0.6) is 0 Å². The van der Waals surface area contributed by atoms with Crippen molar-refractivity contribution < 1.29 is 26.3 Å². The molecule has 4 nitrogen and oxygen atoms in total. The van der Waals surface area contributed by atoms with Crippen LogP contribution in [-0.4, -0.2) is 34.6 Å². The first kappa shape index (κ1) is 22.5. The van der Waals surface area contributed by atoms with Gasteiger partial charge in [-0.3, -0.25) is 0 Å². The predicted molar refractivity (Wildman–Crippen MR) is 113 cm³/mol. The number of nitrogens with one attached hydrogen (secondary N) is 1. The molecule has 0 bridgehead atoms. The van der Waals surface area contributed by atoms with Crippen molar-refractivity contribution in [3.8, 4) is 0 Å². The van der Waals surface area contributed by atoms with Gasteiger partial charge >= 0.3 is 12.4 Å². The molecule has 0 aliphatic carbocycles. The summed E-state index contributed by atoms with van der Waals surface area (Å²) in [5, 5.41) is 3.64. The summed E-state index contributed by atoms with van der Waals surface area (Å²) in [4.78, 5) is 11.0. The highest BCUT2D eigenvalue weighted by Gasteiger charge is 2.36. The summed E-state index contributed by atoms with van der Waals surface area (Å²) in [6.07, 6.45) is -9.79. The number of thioether (sulfide) groups is 1. The molecule has 0 amide bonds. The number of hydrogen-bond donors (Lipinski definition) is 1. The zero-order valence-electron chi connectivity index (χ0n) is 16.6. The average molecular weight is 472 g/mol. The van der Waals surface area contributed by atoms with Crippen molar-refractivity contribution in [1.29, 1.82) is 0 Å². The third-order valence-electron chi connectivity index (χ3n) is 4.99. The Bertz CT molecular complexity index is 1080. The second-order valence-corrected chi connectivity index (χ2v) is 8.48. The van der Waals surface area contributed by atoms with Gasteiger partial charge in [0.05, 0.1) is 16.6 Å². The largest absolute Gasteiger partial charge is 0.416 e. The summed E-state index contributed by atoms with van der Waals surface area (Å²) in [5.74, 6) is 2.71. The Labute approximate surface area is 184 Å². The molecule has 1 aromatic heterocycles. The molecule has 1 aliphatic rings. The fourth-order valence-electron chi connectivity index (χ4n) is 3.46. The summed E-state index contributed by atoms with van der Waals surface area (Å²) >= 11 is 1.83. The van der Waals surface area contributed by atoms with Crippen molar-refractivity contribution in [1.82, 2.24) is 9.97 Å². The molecule has 2 aromatic carbocycles. The molecule has 0 unspecified atom stereocenters. The molecular weight excluding hydrogens is 454 g/mol. The summed E-state index contributed by atoms with van der Waals surface area (Å²) in [6, 6.07) is 8.86. The standard InChI is InChI=1S/C21H18F6N4S/c22-20(23,24)14-9-13(10-15(11-14)21(25,26)27)12-28-19-29-17-4-2-1-3-16(17)18(30-19)31-5-7-32-8-6-31/h1-4,9-11H,5-8,12H2,(H,28,29,30). The van der Waals surface area contributed by atoms with Gasteiger partial charge in [-0.2, -0.15) is 43.1 Å². The van der Waals surface area contributed by atoms with Crippen molar-refractivity contribution >= 4 is 34.4 Å². The van der Waals surface area contributed by atoms with Gasteiger partial charge in [0, 0.05) is 36.5 Å². The van der Waals surface area contributed by atoms with Crippen LogP contribution in [-0.2, 0) is 18.9 Å². The molecule has 0 radical (unpaired) electrons. The maximum atomic E-state index is 13.1. The van der Waals surface area contributed by atoms with E-state index < -0.39 is 23.5 Å². The predicted octanol–water partition coefficient (Wildman–Crippen LogP) is 5.83. The fourth-order valence-corrected chi connectivity index (χ4v) is 4.36. The second kappa shape index (κ2) is 8.68. The lowest BCUT2D eigenvalue weighted by atomic mass is 10.0. The Morgan fingerprint density at radius 3 is 2.12 bits per heavy atom. The molecule has 1 aliphatic heterocycles. The van der Waals surface area contributed by atoms with Crippen LogP contribution in [0.1, 0.15) is 16.7 Å².